The van der Waals surface area contributed by atoms with E-state index in [1.807, 2.05) is 13.0 Å². The summed E-state index contributed by atoms with van der Waals surface area (Å²) in [6, 6.07) is 0. The molecule has 0 aliphatic carbocycles. The number of allylic oxidation sites excluding steroid dienone is 1. The zero-order valence-electron chi connectivity index (χ0n) is 4.52. The Kier molecular flexibility index (Phi) is 4.41. The van der Waals surface area contributed by atoms with E-state index in [1.54, 1.807) is 0 Å². The minimum absolute atomic E-state index is 0.653. The lowest BCUT2D eigenvalue weighted by atomic mass is 9.98. The molecule has 0 fully saturated rings. The van der Waals surface area contributed by atoms with Crippen molar-refractivity contribution in [2.24, 2.45) is 0 Å². The summed E-state index contributed by atoms with van der Waals surface area (Å²) in [6.45, 7) is 2.00. The second-order valence-corrected chi connectivity index (χ2v) is 1.80. The van der Waals surface area contributed by atoms with E-state index in [0.717, 1.165) is 5.75 Å². The first-order valence-corrected chi connectivity index (χ1v) is 2.91. The van der Waals surface area contributed by atoms with Crippen molar-refractivity contribution in [1.82, 2.24) is 0 Å². The van der Waals surface area contributed by atoms with Gasteiger partial charge >= 0.3 is 0 Å². The van der Waals surface area contributed by atoms with Gasteiger partial charge in [0, 0.05) is 5.75 Å². The van der Waals surface area contributed by atoms with Gasteiger partial charge in [-0.15, -0.1) is 0 Å². The summed E-state index contributed by atoms with van der Waals surface area (Å²) in [5.74, 6) is 0.795. The predicted molar refractivity (Wildman–Crippen MR) is 38.2 cm³/mol. The molecule has 0 nitrogen and oxygen atoms in total. The highest BCUT2D eigenvalue weighted by molar-refractivity contribution is 7.80. The van der Waals surface area contributed by atoms with Gasteiger partial charge < -0.3 is 0 Å². The summed E-state index contributed by atoms with van der Waals surface area (Å²) >= 11 is 3.98. The summed E-state index contributed by atoms with van der Waals surface area (Å²) < 4.78 is 0. The Morgan fingerprint density at radius 2 is 2.43 bits per heavy atom. The van der Waals surface area contributed by atoms with E-state index < -0.39 is 0 Å². The van der Waals surface area contributed by atoms with Crippen molar-refractivity contribution in [3.8, 4) is 0 Å². The average molecular weight is 112 g/mol. The maximum Gasteiger partial charge on any atom is 0.0711 e. The minimum Gasteiger partial charge on any atom is -0.175 e. The van der Waals surface area contributed by atoms with Crippen molar-refractivity contribution in [3.05, 3.63) is 11.6 Å². The molecule has 0 spiro atoms. The van der Waals surface area contributed by atoms with Gasteiger partial charge in [0.05, 0.1) is 7.85 Å². The van der Waals surface area contributed by atoms with Crippen LogP contribution in [0.25, 0.3) is 0 Å². The van der Waals surface area contributed by atoms with Gasteiger partial charge in [-0.3, -0.25) is 0 Å². The average Bonchev–Trinajstić information content (AvgIpc) is 1.68. The molecular weight excluding hydrogens is 103 g/mol. The van der Waals surface area contributed by atoms with E-state index in [1.165, 1.54) is 5.57 Å². The molecule has 0 bridgehead atoms. The fourth-order valence-electron chi connectivity index (χ4n) is 0.239. The predicted octanol–water partition coefficient (Wildman–Crippen LogP) is 1.45. The Hall–Kier alpha value is 0.155. The molecule has 0 aliphatic rings. The fourth-order valence-corrected chi connectivity index (χ4v) is 0.551. The highest BCUT2D eigenvalue weighted by Crippen LogP contribution is 1.95. The Labute approximate surface area is 51.8 Å². The molecule has 2 heteroatoms. The third-order valence-corrected chi connectivity index (χ3v) is 0.944. The first kappa shape index (κ1) is 7.15. The van der Waals surface area contributed by atoms with Crippen LogP contribution in [0.4, 0.5) is 0 Å². The molecule has 0 aromatic rings. The molecule has 7 heavy (non-hydrogen) atoms. The van der Waals surface area contributed by atoms with Gasteiger partial charge in [-0.2, -0.15) is 12.6 Å². The molecule has 0 atom stereocenters. The third-order valence-electron chi connectivity index (χ3n) is 0.762. The third kappa shape index (κ3) is 4.00. The van der Waals surface area contributed by atoms with Gasteiger partial charge in [-0.1, -0.05) is 18.0 Å². The Bertz CT molecular complexity index is 68.5. The van der Waals surface area contributed by atoms with E-state index >= 15 is 0 Å². The number of rotatable bonds is 2. The lowest BCUT2D eigenvalue weighted by molar-refractivity contribution is 1.36. The SMILES string of the molecule is [B]C/C(C)=C\CS. The van der Waals surface area contributed by atoms with E-state index in [9.17, 15) is 0 Å². The molecule has 0 rings (SSSR count). The normalized spacial score (nSPS) is 12.0. The standard InChI is InChI=1S/C5H9BS/c1-5(4-6)2-3-7/h2,7H,3-4H2,1H3/b5-2-. The van der Waals surface area contributed by atoms with Crippen molar-refractivity contribution in [2.75, 3.05) is 5.75 Å². The van der Waals surface area contributed by atoms with Gasteiger partial charge in [0.2, 0.25) is 0 Å². The molecule has 0 amide bonds. The van der Waals surface area contributed by atoms with Crippen LogP contribution in [0.1, 0.15) is 6.92 Å². The molecule has 0 aromatic carbocycles. The summed E-state index contributed by atoms with van der Waals surface area (Å²) in [6.07, 6.45) is 2.66. The van der Waals surface area contributed by atoms with Gasteiger partial charge in [0.1, 0.15) is 0 Å². The smallest absolute Gasteiger partial charge is 0.0711 e. The number of hydrogen-bond acceptors (Lipinski definition) is 1. The molecule has 0 aromatic heterocycles. The minimum atomic E-state index is 0.653. The van der Waals surface area contributed by atoms with Crippen molar-refractivity contribution in [2.45, 2.75) is 13.2 Å². The van der Waals surface area contributed by atoms with E-state index in [-0.39, 0.29) is 0 Å². The molecule has 2 radical (unpaired) electrons. The van der Waals surface area contributed by atoms with Crippen LogP contribution in [0, 0.1) is 0 Å². The zero-order chi connectivity index (χ0) is 5.70. The van der Waals surface area contributed by atoms with Crippen LogP contribution >= 0.6 is 12.6 Å². The van der Waals surface area contributed by atoms with Crippen LogP contribution in [0.15, 0.2) is 11.6 Å². The van der Waals surface area contributed by atoms with Gasteiger partial charge in [-0.05, 0) is 6.92 Å². The Morgan fingerprint density at radius 1 is 1.86 bits per heavy atom. The second-order valence-electron chi connectivity index (χ2n) is 1.44. The highest BCUT2D eigenvalue weighted by atomic mass is 32.1. The number of hydrogen-bond donors (Lipinski definition) is 1. The largest absolute Gasteiger partial charge is 0.175 e. The lowest BCUT2D eigenvalue weighted by Crippen LogP contribution is -1.73. The molecule has 0 saturated heterocycles. The first-order valence-electron chi connectivity index (χ1n) is 2.27. The van der Waals surface area contributed by atoms with Gasteiger partial charge in [-0.25, -0.2) is 0 Å². The molecule has 0 aliphatic heterocycles. The van der Waals surface area contributed by atoms with Crippen molar-refractivity contribution < 1.29 is 0 Å². The highest BCUT2D eigenvalue weighted by Gasteiger charge is 1.76. The molecule has 38 valence electrons. The van der Waals surface area contributed by atoms with E-state index in [2.05, 4.69) is 12.6 Å². The van der Waals surface area contributed by atoms with Crippen LogP contribution in [0.3, 0.4) is 0 Å². The summed E-state index contributed by atoms with van der Waals surface area (Å²) in [5.41, 5.74) is 1.20. The zero-order valence-corrected chi connectivity index (χ0v) is 5.41. The van der Waals surface area contributed by atoms with Crippen LogP contribution in [0.2, 0.25) is 6.32 Å². The second kappa shape index (κ2) is 4.32. The van der Waals surface area contributed by atoms with Crippen LogP contribution in [-0.4, -0.2) is 13.6 Å². The molecule has 0 unspecified atom stereocenters. The summed E-state index contributed by atoms with van der Waals surface area (Å²) in [5, 5.41) is 0. The first-order chi connectivity index (χ1) is 3.31. The monoisotopic (exact) mass is 112 g/mol. The molecule has 0 N–H and O–H groups in total. The summed E-state index contributed by atoms with van der Waals surface area (Å²) in [7, 11) is 5.26. The molecular formula is C5H9BS. The maximum atomic E-state index is 5.26. The van der Waals surface area contributed by atoms with E-state index in [0.29, 0.717) is 6.32 Å². The summed E-state index contributed by atoms with van der Waals surface area (Å²) in [4.78, 5) is 0. The van der Waals surface area contributed by atoms with Crippen molar-refractivity contribution >= 4 is 20.5 Å². The fraction of sp³-hybridized carbons (Fsp3) is 0.600. The number of thiol groups is 1. The maximum absolute atomic E-state index is 5.26. The Morgan fingerprint density at radius 3 is 2.57 bits per heavy atom. The van der Waals surface area contributed by atoms with Crippen LogP contribution in [0.5, 0.6) is 0 Å². The van der Waals surface area contributed by atoms with Crippen molar-refractivity contribution in [1.29, 1.82) is 0 Å². The topological polar surface area (TPSA) is 0 Å². The Balaban J connectivity index is 3.29. The van der Waals surface area contributed by atoms with E-state index in [4.69, 9.17) is 7.85 Å². The quantitative estimate of drug-likeness (QED) is 0.312. The van der Waals surface area contributed by atoms with Gasteiger partial charge in [0.15, 0.2) is 0 Å². The molecule has 0 heterocycles. The van der Waals surface area contributed by atoms with Gasteiger partial charge in [0.25, 0.3) is 0 Å². The van der Waals surface area contributed by atoms with Crippen molar-refractivity contribution in [3.63, 3.8) is 0 Å². The lowest BCUT2D eigenvalue weighted by Gasteiger charge is -1.88. The molecule has 0 saturated carbocycles. The van der Waals surface area contributed by atoms with Crippen LogP contribution < -0.4 is 0 Å². The van der Waals surface area contributed by atoms with Crippen LogP contribution in [-0.2, 0) is 0 Å².